The van der Waals surface area contributed by atoms with Crippen LogP contribution in [0.4, 0.5) is 0 Å². The third-order valence-electron chi connectivity index (χ3n) is 5.54. The molecule has 1 saturated carbocycles. The molecule has 5 heteroatoms. The highest BCUT2D eigenvalue weighted by atomic mass is 16.4. The molecule has 0 radical (unpaired) electrons. The summed E-state index contributed by atoms with van der Waals surface area (Å²) in [7, 11) is 0. The van der Waals surface area contributed by atoms with E-state index in [4.69, 9.17) is 5.11 Å². The van der Waals surface area contributed by atoms with Crippen LogP contribution in [0.3, 0.4) is 0 Å². The van der Waals surface area contributed by atoms with Gasteiger partial charge in [0, 0.05) is 23.5 Å². The molecule has 1 amide bonds. The molecule has 1 fully saturated rings. The summed E-state index contributed by atoms with van der Waals surface area (Å²) in [6.45, 7) is 6.74. The number of hydrogen-bond acceptors (Lipinski definition) is 2. The average molecular weight is 342 g/mol. The first-order chi connectivity index (χ1) is 11.9. The monoisotopic (exact) mass is 342 g/mol. The third-order valence-corrected chi connectivity index (χ3v) is 5.54. The number of aromatic nitrogens is 1. The van der Waals surface area contributed by atoms with Crippen molar-refractivity contribution in [3.63, 3.8) is 0 Å². The third kappa shape index (κ3) is 3.55. The van der Waals surface area contributed by atoms with Crippen molar-refractivity contribution in [2.24, 2.45) is 11.8 Å². The van der Waals surface area contributed by atoms with Crippen LogP contribution in [0.5, 0.6) is 0 Å². The predicted molar refractivity (Wildman–Crippen MR) is 97.4 cm³/mol. The van der Waals surface area contributed by atoms with Gasteiger partial charge in [-0.1, -0.05) is 11.6 Å². The molecule has 1 aromatic carbocycles. The smallest absolute Gasteiger partial charge is 0.306 e. The summed E-state index contributed by atoms with van der Waals surface area (Å²) in [4.78, 5) is 26.9. The summed E-state index contributed by atoms with van der Waals surface area (Å²) < 4.78 is 0. The lowest BCUT2D eigenvalue weighted by Gasteiger charge is -2.25. The molecule has 134 valence electrons. The van der Waals surface area contributed by atoms with Crippen molar-refractivity contribution in [3.05, 3.63) is 34.5 Å². The topological polar surface area (TPSA) is 82.2 Å². The van der Waals surface area contributed by atoms with Crippen molar-refractivity contribution in [2.75, 3.05) is 0 Å². The number of H-pyrrole nitrogens is 1. The van der Waals surface area contributed by atoms with E-state index >= 15 is 0 Å². The van der Waals surface area contributed by atoms with E-state index in [-0.39, 0.29) is 17.7 Å². The van der Waals surface area contributed by atoms with E-state index in [0.29, 0.717) is 32.2 Å². The highest BCUT2D eigenvalue weighted by Crippen LogP contribution is 2.30. The van der Waals surface area contributed by atoms with Gasteiger partial charge >= 0.3 is 5.97 Å². The maximum absolute atomic E-state index is 12.5. The van der Waals surface area contributed by atoms with Crippen LogP contribution in [0.15, 0.2) is 12.1 Å². The number of amides is 1. The Morgan fingerprint density at radius 3 is 2.40 bits per heavy atom. The fourth-order valence-electron chi connectivity index (χ4n) is 3.86. The van der Waals surface area contributed by atoms with Crippen LogP contribution < -0.4 is 5.32 Å². The summed E-state index contributed by atoms with van der Waals surface area (Å²) in [5.41, 5.74) is 5.77. The number of rotatable bonds is 4. The molecule has 1 aromatic heterocycles. The molecule has 3 N–H and O–H groups in total. The zero-order chi connectivity index (χ0) is 18.1. The second-order valence-corrected chi connectivity index (χ2v) is 7.33. The molecule has 5 nitrogen and oxygen atoms in total. The Hall–Kier alpha value is -2.30. The van der Waals surface area contributed by atoms with Crippen LogP contribution in [0.25, 0.3) is 10.9 Å². The lowest BCUT2D eigenvalue weighted by molar-refractivity contribution is -0.144. The van der Waals surface area contributed by atoms with Crippen molar-refractivity contribution in [3.8, 4) is 0 Å². The Labute approximate surface area is 147 Å². The molecule has 0 unspecified atom stereocenters. The molecule has 1 aliphatic rings. The van der Waals surface area contributed by atoms with E-state index in [1.807, 2.05) is 0 Å². The number of nitrogens with one attached hydrogen (secondary N) is 2. The highest BCUT2D eigenvalue weighted by Gasteiger charge is 2.29. The predicted octanol–water partition coefficient (Wildman–Crippen LogP) is 3.60. The van der Waals surface area contributed by atoms with E-state index < -0.39 is 5.97 Å². The minimum atomic E-state index is -0.738. The zero-order valence-corrected chi connectivity index (χ0v) is 15.1. The van der Waals surface area contributed by atoms with Gasteiger partial charge in [-0.2, -0.15) is 0 Å². The van der Waals surface area contributed by atoms with Gasteiger partial charge in [-0.05, 0) is 63.6 Å². The van der Waals surface area contributed by atoms with Crippen molar-refractivity contribution in [1.82, 2.24) is 10.3 Å². The molecule has 0 saturated heterocycles. The number of carbonyl (C=O) groups excluding carboxylic acids is 1. The molecule has 0 aliphatic heterocycles. The van der Waals surface area contributed by atoms with Gasteiger partial charge in [-0.25, -0.2) is 0 Å². The van der Waals surface area contributed by atoms with Gasteiger partial charge in [0.25, 0.3) is 0 Å². The maximum Gasteiger partial charge on any atom is 0.306 e. The van der Waals surface area contributed by atoms with Crippen molar-refractivity contribution in [1.29, 1.82) is 0 Å². The zero-order valence-electron chi connectivity index (χ0n) is 15.1. The van der Waals surface area contributed by atoms with E-state index in [1.54, 1.807) is 0 Å². The first kappa shape index (κ1) is 17.5. The summed E-state index contributed by atoms with van der Waals surface area (Å²) >= 11 is 0. The van der Waals surface area contributed by atoms with Crippen LogP contribution in [0.2, 0.25) is 0 Å². The number of carboxylic acid groups (broad SMARTS) is 1. The van der Waals surface area contributed by atoms with Crippen LogP contribution in [-0.2, 0) is 16.1 Å². The molecule has 25 heavy (non-hydrogen) atoms. The Morgan fingerprint density at radius 2 is 1.76 bits per heavy atom. The summed E-state index contributed by atoms with van der Waals surface area (Å²) in [5, 5.41) is 13.3. The number of benzene rings is 1. The lowest BCUT2D eigenvalue weighted by Crippen LogP contribution is -2.34. The number of carboxylic acids is 1. The minimum Gasteiger partial charge on any atom is -0.481 e. The Kier molecular flexibility index (Phi) is 4.84. The Morgan fingerprint density at radius 1 is 1.12 bits per heavy atom. The molecule has 0 atom stereocenters. The summed E-state index contributed by atoms with van der Waals surface area (Å²) in [6, 6.07) is 4.28. The van der Waals surface area contributed by atoms with E-state index in [2.05, 4.69) is 43.2 Å². The van der Waals surface area contributed by atoms with Crippen LogP contribution in [0, 0.1) is 32.6 Å². The number of aliphatic carboxylic acids is 1. The van der Waals surface area contributed by atoms with Gasteiger partial charge in [0.05, 0.1) is 11.4 Å². The van der Waals surface area contributed by atoms with Crippen molar-refractivity contribution in [2.45, 2.75) is 53.0 Å². The van der Waals surface area contributed by atoms with E-state index in [1.165, 1.54) is 16.5 Å². The van der Waals surface area contributed by atoms with Gasteiger partial charge in [0.1, 0.15) is 0 Å². The number of aryl methyl sites for hydroxylation is 3. The van der Waals surface area contributed by atoms with Gasteiger partial charge < -0.3 is 15.4 Å². The van der Waals surface area contributed by atoms with Crippen molar-refractivity contribution < 1.29 is 14.7 Å². The highest BCUT2D eigenvalue weighted by molar-refractivity contribution is 5.88. The number of carbonyl (C=O) groups is 2. The number of hydrogen-bond donors (Lipinski definition) is 3. The fraction of sp³-hybridized carbons (Fsp3) is 0.500. The summed E-state index contributed by atoms with van der Waals surface area (Å²) in [5.74, 6) is -1.05. The second kappa shape index (κ2) is 6.90. The second-order valence-electron chi connectivity index (χ2n) is 7.33. The van der Waals surface area contributed by atoms with Crippen LogP contribution in [0.1, 0.15) is 48.1 Å². The quantitative estimate of drug-likeness (QED) is 0.794. The van der Waals surface area contributed by atoms with Gasteiger partial charge in [0.2, 0.25) is 5.91 Å². The number of aromatic amines is 1. The minimum absolute atomic E-state index is 0.0403. The Balaban J connectivity index is 1.68. The average Bonchev–Trinajstić information content (AvgIpc) is 2.87. The number of fused-ring (bicyclic) bond motifs is 1. The first-order valence-electron chi connectivity index (χ1n) is 8.95. The van der Waals surface area contributed by atoms with Crippen LogP contribution >= 0.6 is 0 Å². The van der Waals surface area contributed by atoms with E-state index in [0.717, 1.165) is 16.8 Å². The van der Waals surface area contributed by atoms with Gasteiger partial charge in [-0.3, -0.25) is 9.59 Å². The largest absolute Gasteiger partial charge is 0.481 e. The normalized spacial score (nSPS) is 20.6. The molecule has 1 aliphatic carbocycles. The first-order valence-corrected chi connectivity index (χ1v) is 8.95. The van der Waals surface area contributed by atoms with E-state index in [9.17, 15) is 9.59 Å². The van der Waals surface area contributed by atoms with Gasteiger partial charge in [-0.15, -0.1) is 0 Å². The maximum atomic E-state index is 12.5. The lowest BCUT2D eigenvalue weighted by atomic mass is 9.81. The molecule has 1 heterocycles. The molecule has 0 spiro atoms. The molecular weight excluding hydrogens is 316 g/mol. The fourth-order valence-corrected chi connectivity index (χ4v) is 3.86. The molecule has 3 rings (SSSR count). The summed E-state index contributed by atoms with van der Waals surface area (Å²) in [6.07, 6.45) is 2.51. The SMILES string of the molecule is Cc1cc(CNC(=O)C2CCC(C(=O)O)CC2)c2[nH]c(C)c(C)c2c1. The molecule has 2 aromatic rings. The van der Waals surface area contributed by atoms with Crippen LogP contribution in [-0.4, -0.2) is 22.0 Å². The standard InChI is InChI=1S/C20H26N2O3/c1-11-8-16(18-17(9-11)12(2)13(3)22-18)10-21-19(23)14-4-6-15(7-5-14)20(24)25/h8-9,14-15,22H,4-7,10H2,1-3H3,(H,21,23)(H,24,25). The van der Waals surface area contributed by atoms with Gasteiger partial charge in [0.15, 0.2) is 0 Å². The van der Waals surface area contributed by atoms with Crippen molar-refractivity contribution >= 4 is 22.8 Å². The Bertz CT molecular complexity index is 814. The molecular formula is C20H26N2O3. The molecule has 0 bridgehead atoms.